The van der Waals surface area contributed by atoms with Crippen LogP contribution >= 0.6 is 11.6 Å². The third-order valence-electron chi connectivity index (χ3n) is 4.07. The lowest BCUT2D eigenvalue weighted by atomic mass is 10.0. The summed E-state index contributed by atoms with van der Waals surface area (Å²) < 4.78 is 6.95. The van der Waals surface area contributed by atoms with E-state index in [1.54, 1.807) is 17.9 Å². The fourth-order valence-electron chi connectivity index (χ4n) is 2.98. The second-order valence-corrected chi connectivity index (χ2v) is 5.80. The van der Waals surface area contributed by atoms with Crippen LogP contribution in [0.25, 0.3) is 10.9 Å². The zero-order valence-corrected chi connectivity index (χ0v) is 13.2. The lowest BCUT2D eigenvalue weighted by Crippen LogP contribution is -2.41. The molecule has 23 heavy (non-hydrogen) atoms. The van der Waals surface area contributed by atoms with Crippen LogP contribution in [0.1, 0.15) is 11.3 Å². The zero-order valence-electron chi connectivity index (χ0n) is 12.5. The molecule has 0 unspecified atom stereocenters. The predicted octanol–water partition coefficient (Wildman–Crippen LogP) is 2.79. The number of nitrogens with zero attached hydrogens (tertiary/aromatic N) is 3. The highest BCUT2D eigenvalue weighted by atomic mass is 35.5. The van der Waals surface area contributed by atoms with Gasteiger partial charge in [0.1, 0.15) is 11.4 Å². The lowest BCUT2D eigenvalue weighted by Gasteiger charge is -2.14. The highest BCUT2D eigenvalue weighted by molar-refractivity contribution is 6.30. The van der Waals surface area contributed by atoms with E-state index in [2.05, 4.69) is 4.99 Å². The van der Waals surface area contributed by atoms with Gasteiger partial charge in [-0.1, -0.05) is 28.6 Å². The minimum atomic E-state index is 0.562. The molecule has 0 spiro atoms. The molecule has 0 saturated carbocycles. The molecule has 0 atom stereocenters. The number of hydrogen-bond acceptors (Lipinski definition) is 3. The largest absolute Gasteiger partial charge is 0.595 e. The molecule has 5 nitrogen and oxygen atoms in total. The van der Waals surface area contributed by atoms with Crippen LogP contribution in [-0.4, -0.2) is 24.0 Å². The Balaban J connectivity index is 1.96. The van der Waals surface area contributed by atoms with Crippen LogP contribution in [0.2, 0.25) is 5.02 Å². The van der Waals surface area contributed by atoms with Gasteiger partial charge in [-0.2, -0.15) is 0 Å². The summed E-state index contributed by atoms with van der Waals surface area (Å²) in [7, 11) is 1.59. The fraction of sp³-hybridized carbons (Fsp3) is 0.176. The van der Waals surface area contributed by atoms with E-state index < -0.39 is 0 Å². The predicted molar refractivity (Wildman–Crippen MR) is 89.4 cm³/mol. The first-order valence-electron chi connectivity index (χ1n) is 7.30. The van der Waals surface area contributed by atoms with Crippen molar-refractivity contribution in [2.24, 2.45) is 4.99 Å². The van der Waals surface area contributed by atoms with Gasteiger partial charge in [0.2, 0.25) is 0 Å². The molecule has 3 aromatic rings. The van der Waals surface area contributed by atoms with Gasteiger partial charge in [0.25, 0.3) is 5.52 Å². The summed E-state index contributed by atoms with van der Waals surface area (Å²) in [6, 6.07) is 13.0. The molecule has 2 aromatic carbocycles. The SMILES string of the molecule is COc1ccc2c3n([n+]([O-])c2c1)CCN=C3c1ccc(Cl)cc1. The third-order valence-corrected chi connectivity index (χ3v) is 4.32. The molecule has 0 fully saturated rings. The van der Waals surface area contributed by atoms with Crippen LogP contribution in [0.3, 0.4) is 0 Å². The number of fused-ring (bicyclic) bond motifs is 3. The summed E-state index contributed by atoms with van der Waals surface area (Å²) in [4.78, 5) is 5.57. The van der Waals surface area contributed by atoms with Crippen LogP contribution in [0, 0.1) is 5.21 Å². The van der Waals surface area contributed by atoms with E-state index in [-0.39, 0.29) is 0 Å². The first-order chi connectivity index (χ1) is 11.2. The minimum absolute atomic E-state index is 0.562. The van der Waals surface area contributed by atoms with Crippen molar-refractivity contribution >= 4 is 28.2 Å². The smallest absolute Gasteiger partial charge is 0.255 e. The normalized spacial score (nSPS) is 13.7. The second kappa shape index (κ2) is 5.28. The van der Waals surface area contributed by atoms with Crippen LogP contribution in [-0.2, 0) is 6.54 Å². The topological polar surface area (TPSA) is 53.5 Å². The Hall–Kier alpha value is -2.53. The number of rotatable bonds is 2. The molecule has 4 rings (SSSR count). The van der Waals surface area contributed by atoms with Gasteiger partial charge < -0.3 is 9.94 Å². The highest BCUT2D eigenvalue weighted by Crippen LogP contribution is 2.26. The summed E-state index contributed by atoms with van der Waals surface area (Å²) in [6.45, 7) is 1.14. The number of ether oxygens (including phenoxy) is 1. The first-order valence-corrected chi connectivity index (χ1v) is 7.67. The highest BCUT2D eigenvalue weighted by Gasteiger charge is 2.28. The van der Waals surface area contributed by atoms with Gasteiger partial charge >= 0.3 is 0 Å². The van der Waals surface area contributed by atoms with Gasteiger partial charge in [-0.25, -0.2) is 0 Å². The number of benzene rings is 2. The zero-order chi connectivity index (χ0) is 16.0. The molecule has 0 saturated heterocycles. The van der Waals surface area contributed by atoms with E-state index >= 15 is 0 Å². The molecule has 0 aliphatic carbocycles. The first kappa shape index (κ1) is 14.1. The van der Waals surface area contributed by atoms with Gasteiger partial charge in [-0.05, 0) is 24.3 Å². The van der Waals surface area contributed by atoms with Crippen molar-refractivity contribution in [1.82, 2.24) is 4.68 Å². The second-order valence-electron chi connectivity index (χ2n) is 5.36. The Labute approximate surface area is 138 Å². The summed E-state index contributed by atoms with van der Waals surface area (Å²) in [5.41, 5.74) is 3.19. The van der Waals surface area contributed by atoms with Gasteiger partial charge in [0.15, 0.2) is 0 Å². The van der Waals surface area contributed by atoms with Crippen LogP contribution in [0.15, 0.2) is 47.5 Å². The molecule has 6 heteroatoms. The molecule has 0 N–H and O–H groups in total. The Morgan fingerprint density at radius 1 is 1.22 bits per heavy atom. The number of hydrogen-bond donors (Lipinski definition) is 0. The minimum Gasteiger partial charge on any atom is -0.595 e. The Kier molecular flexibility index (Phi) is 3.23. The molecule has 1 aliphatic heterocycles. The van der Waals surface area contributed by atoms with E-state index in [0.717, 1.165) is 27.2 Å². The molecular weight excluding hydrogens is 314 g/mol. The van der Waals surface area contributed by atoms with Gasteiger partial charge in [-0.15, -0.1) is 4.68 Å². The van der Waals surface area contributed by atoms with Crippen molar-refractivity contribution in [3.8, 4) is 5.75 Å². The molecule has 1 aliphatic rings. The molecule has 0 amide bonds. The maximum Gasteiger partial charge on any atom is 0.255 e. The van der Waals surface area contributed by atoms with Crippen molar-refractivity contribution in [3.63, 3.8) is 0 Å². The molecule has 1 aromatic heterocycles. The van der Waals surface area contributed by atoms with E-state index in [1.807, 2.05) is 36.4 Å². The van der Waals surface area contributed by atoms with Gasteiger partial charge in [0.05, 0.1) is 37.4 Å². The van der Waals surface area contributed by atoms with Crippen molar-refractivity contribution in [1.29, 1.82) is 0 Å². The standard InChI is InChI=1S/C17H14ClN3O2/c1-23-13-6-7-14-15(10-13)21(22)20-9-8-19-16(17(14)20)11-2-4-12(18)5-3-11/h2-7,10H,8-9H2,1H3. The number of methoxy groups -OCH3 is 1. The lowest BCUT2D eigenvalue weighted by molar-refractivity contribution is -0.670. The molecule has 0 bridgehead atoms. The van der Waals surface area contributed by atoms with E-state index in [9.17, 15) is 5.21 Å². The monoisotopic (exact) mass is 327 g/mol. The Bertz CT molecular complexity index is 929. The molecule has 0 radical (unpaired) electrons. The summed E-state index contributed by atoms with van der Waals surface area (Å²) in [5, 5.41) is 14.2. The van der Waals surface area contributed by atoms with Crippen molar-refractivity contribution < 1.29 is 9.58 Å². The summed E-state index contributed by atoms with van der Waals surface area (Å²) in [6.07, 6.45) is 0. The number of aliphatic imine (C=N–C) groups is 1. The molecule has 116 valence electrons. The quantitative estimate of drug-likeness (QED) is 0.537. The maximum atomic E-state index is 12.6. The molecule has 2 heterocycles. The number of halogens is 1. The van der Waals surface area contributed by atoms with Crippen LogP contribution in [0.5, 0.6) is 5.75 Å². The maximum absolute atomic E-state index is 12.6. The fourth-order valence-corrected chi connectivity index (χ4v) is 3.10. The summed E-state index contributed by atoms with van der Waals surface area (Å²) in [5.74, 6) is 0.662. The van der Waals surface area contributed by atoms with E-state index in [0.29, 0.717) is 29.4 Å². The average Bonchev–Trinajstić information content (AvgIpc) is 2.88. The van der Waals surface area contributed by atoms with Crippen LogP contribution in [0.4, 0.5) is 0 Å². The van der Waals surface area contributed by atoms with E-state index in [4.69, 9.17) is 16.3 Å². The van der Waals surface area contributed by atoms with Crippen molar-refractivity contribution in [3.05, 3.63) is 64.0 Å². The summed E-state index contributed by atoms with van der Waals surface area (Å²) >= 11 is 5.97. The Morgan fingerprint density at radius 3 is 2.74 bits per heavy atom. The van der Waals surface area contributed by atoms with Crippen molar-refractivity contribution in [2.75, 3.05) is 13.7 Å². The Morgan fingerprint density at radius 2 is 2.00 bits per heavy atom. The molecular formula is C17H14ClN3O2. The third kappa shape index (κ3) is 2.16. The van der Waals surface area contributed by atoms with E-state index in [1.165, 1.54) is 0 Å². The van der Waals surface area contributed by atoms with Crippen LogP contribution < -0.4 is 9.58 Å². The van der Waals surface area contributed by atoms with Gasteiger partial charge in [-0.3, -0.25) is 4.99 Å². The number of aromatic nitrogens is 2. The van der Waals surface area contributed by atoms with Crippen molar-refractivity contribution in [2.45, 2.75) is 6.54 Å². The van der Waals surface area contributed by atoms with Gasteiger partial charge in [0, 0.05) is 10.6 Å². The average molecular weight is 328 g/mol.